The van der Waals surface area contributed by atoms with Gasteiger partial charge in [-0.25, -0.2) is 13.1 Å². The maximum absolute atomic E-state index is 12.8. The predicted molar refractivity (Wildman–Crippen MR) is 116 cm³/mol. The molecule has 1 aromatic carbocycles. The first kappa shape index (κ1) is 22.7. The van der Waals surface area contributed by atoms with E-state index in [1.54, 1.807) is 19.9 Å². The second-order valence-corrected chi connectivity index (χ2v) is 10.4. The Morgan fingerprint density at radius 3 is 2.23 bits per heavy atom. The minimum Gasteiger partial charge on any atom is -0.349 e. The van der Waals surface area contributed by atoms with Gasteiger partial charge in [0.1, 0.15) is 0 Å². The summed E-state index contributed by atoms with van der Waals surface area (Å²) in [4.78, 5) is 27.6. The highest BCUT2D eigenvalue weighted by Gasteiger charge is 2.30. The highest BCUT2D eigenvalue weighted by Crippen LogP contribution is 2.27. The van der Waals surface area contributed by atoms with E-state index in [0.717, 1.165) is 44.1 Å². The number of hydrogen-bond donors (Lipinski definition) is 2. The third kappa shape index (κ3) is 5.03. The molecule has 2 amide bonds. The van der Waals surface area contributed by atoms with Gasteiger partial charge in [-0.15, -0.1) is 0 Å². The number of sulfonamides is 1. The number of aryl methyl sites for hydroxylation is 1. The van der Waals surface area contributed by atoms with E-state index in [2.05, 4.69) is 10.0 Å². The standard InChI is InChI=1S/C22H33N3O4S/c1-15-13-18(14-20(16(15)2)30(28,29)23-3)21(26)24-19-9-11-25(12-10-19)22(27)17-7-5-4-6-8-17/h13-14,17,19,23H,4-12H2,1-3H3,(H,24,26). The van der Waals surface area contributed by atoms with Crippen LogP contribution in [-0.2, 0) is 14.8 Å². The molecule has 2 fully saturated rings. The Hall–Kier alpha value is -1.93. The zero-order valence-electron chi connectivity index (χ0n) is 18.2. The maximum Gasteiger partial charge on any atom is 0.251 e. The van der Waals surface area contributed by atoms with Gasteiger partial charge in [0.05, 0.1) is 4.90 Å². The van der Waals surface area contributed by atoms with Crippen LogP contribution < -0.4 is 10.0 Å². The first-order valence-electron chi connectivity index (χ1n) is 10.9. The van der Waals surface area contributed by atoms with Crippen molar-refractivity contribution < 1.29 is 18.0 Å². The molecule has 0 aromatic heterocycles. The summed E-state index contributed by atoms with van der Waals surface area (Å²) < 4.78 is 26.9. The molecular weight excluding hydrogens is 402 g/mol. The molecule has 1 aliphatic heterocycles. The smallest absolute Gasteiger partial charge is 0.251 e. The Morgan fingerprint density at radius 2 is 1.63 bits per heavy atom. The van der Waals surface area contributed by atoms with Crippen molar-refractivity contribution in [3.05, 3.63) is 28.8 Å². The molecule has 2 aliphatic rings. The lowest BCUT2D eigenvalue weighted by molar-refractivity contribution is -0.137. The van der Waals surface area contributed by atoms with Crippen molar-refractivity contribution in [2.75, 3.05) is 20.1 Å². The molecule has 166 valence electrons. The van der Waals surface area contributed by atoms with Crippen LogP contribution in [0.15, 0.2) is 17.0 Å². The fraction of sp³-hybridized carbons (Fsp3) is 0.636. The van der Waals surface area contributed by atoms with Gasteiger partial charge in [0.25, 0.3) is 5.91 Å². The number of nitrogens with zero attached hydrogens (tertiary/aromatic N) is 1. The molecule has 1 aliphatic carbocycles. The third-order valence-corrected chi connectivity index (χ3v) is 8.08. The van der Waals surface area contributed by atoms with Gasteiger partial charge in [0, 0.05) is 30.6 Å². The van der Waals surface area contributed by atoms with Gasteiger partial charge in [-0.1, -0.05) is 19.3 Å². The van der Waals surface area contributed by atoms with E-state index < -0.39 is 10.0 Å². The lowest BCUT2D eigenvalue weighted by atomic mass is 9.87. The number of carbonyl (C=O) groups is 2. The van der Waals surface area contributed by atoms with Crippen LogP contribution in [0.3, 0.4) is 0 Å². The van der Waals surface area contributed by atoms with Crippen molar-refractivity contribution in [2.45, 2.75) is 69.7 Å². The minimum atomic E-state index is -3.64. The zero-order chi connectivity index (χ0) is 21.9. The Kier molecular flexibility index (Phi) is 7.18. The van der Waals surface area contributed by atoms with E-state index >= 15 is 0 Å². The fourth-order valence-corrected chi connectivity index (χ4v) is 5.53. The van der Waals surface area contributed by atoms with E-state index in [0.29, 0.717) is 24.2 Å². The fourth-order valence-electron chi connectivity index (χ4n) is 4.47. The van der Waals surface area contributed by atoms with Gasteiger partial charge in [-0.05, 0) is 69.8 Å². The minimum absolute atomic E-state index is 0.0149. The van der Waals surface area contributed by atoms with Crippen molar-refractivity contribution in [1.82, 2.24) is 14.9 Å². The molecule has 2 N–H and O–H groups in total. The molecule has 0 spiro atoms. The first-order chi connectivity index (χ1) is 14.2. The quantitative estimate of drug-likeness (QED) is 0.743. The largest absolute Gasteiger partial charge is 0.349 e. The van der Waals surface area contributed by atoms with Crippen LogP contribution in [0.25, 0.3) is 0 Å². The van der Waals surface area contributed by atoms with Gasteiger partial charge in [-0.2, -0.15) is 0 Å². The Labute approximate surface area is 179 Å². The monoisotopic (exact) mass is 435 g/mol. The highest BCUT2D eigenvalue weighted by molar-refractivity contribution is 7.89. The summed E-state index contributed by atoms with van der Waals surface area (Å²) in [7, 11) is -2.28. The second-order valence-electron chi connectivity index (χ2n) is 8.53. The van der Waals surface area contributed by atoms with Crippen molar-refractivity contribution >= 4 is 21.8 Å². The maximum atomic E-state index is 12.8. The Morgan fingerprint density at radius 1 is 1.00 bits per heavy atom. The molecule has 0 radical (unpaired) electrons. The number of amides is 2. The summed E-state index contributed by atoms with van der Waals surface area (Å²) in [5.41, 5.74) is 1.73. The normalized spacial score (nSPS) is 19.0. The van der Waals surface area contributed by atoms with Crippen LogP contribution >= 0.6 is 0 Å². The lowest BCUT2D eigenvalue weighted by Crippen LogP contribution is -2.48. The summed E-state index contributed by atoms with van der Waals surface area (Å²) >= 11 is 0. The van der Waals surface area contributed by atoms with E-state index in [4.69, 9.17) is 0 Å². The topological polar surface area (TPSA) is 95.6 Å². The van der Waals surface area contributed by atoms with Gasteiger partial charge in [0.15, 0.2) is 0 Å². The summed E-state index contributed by atoms with van der Waals surface area (Å²) in [6, 6.07) is 3.14. The van der Waals surface area contributed by atoms with E-state index in [9.17, 15) is 18.0 Å². The van der Waals surface area contributed by atoms with Gasteiger partial charge in [-0.3, -0.25) is 9.59 Å². The number of rotatable bonds is 5. The van der Waals surface area contributed by atoms with E-state index in [1.165, 1.54) is 19.5 Å². The van der Waals surface area contributed by atoms with Gasteiger partial charge < -0.3 is 10.2 Å². The third-order valence-electron chi connectivity index (χ3n) is 6.54. The highest BCUT2D eigenvalue weighted by atomic mass is 32.2. The molecule has 3 rings (SSSR count). The molecule has 1 heterocycles. The molecule has 0 atom stereocenters. The average molecular weight is 436 g/mol. The molecule has 1 aromatic rings. The van der Waals surface area contributed by atoms with Crippen LogP contribution in [0.5, 0.6) is 0 Å². The Balaban J connectivity index is 1.62. The van der Waals surface area contributed by atoms with Crippen LogP contribution in [0.1, 0.15) is 66.4 Å². The molecule has 0 unspecified atom stereocenters. The molecular formula is C22H33N3O4S. The molecule has 30 heavy (non-hydrogen) atoms. The molecule has 1 saturated carbocycles. The zero-order valence-corrected chi connectivity index (χ0v) is 19.0. The molecule has 7 nitrogen and oxygen atoms in total. The van der Waals surface area contributed by atoms with Crippen LogP contribution in [0.4, 0.5) is 0 Å². The van der Waals surface area contributed by atoms with E-state index in [1.807, 2.05) is 4.90 Å². The number of nitrogens with one attached hydrogen (secondary N) is 2. The average Bonchev–Trinajstić information content (AvgIpc) is 2.76. The first-order valence-corrected chi connectivity index (χ1v) is 12.4. The summed E-state index contributed by atoms with van der Waals surface area (Å²) in [5, 5.41) is 3.03. The van der Waals surface area contributed by atoms with Crippen molar-refractivity contribution in [1.29, 1.82) is 0 Å². The van der Waals surface area contributed by atoms with Gasteiger partial charge >= 0.3 is 0 Å². The molecule has 8 heteroatoms. The number of hydrogen-bond acceptors (Lipinski definition) is 4. The van der Waals surface area contributed by atoms with Gasteiger partial charge in [0.2, 0.25) is 15.9 Å². The van der Waals surface area contributed by atoms with Crippen molar-refractivity contribution in [2.24, 2.45) is 5.92 Å². The lowest BCUT2D eigenvalue weighted by Gasteiger charge is -2.35. The summed E-state index contributed by atoms with van der Waals surface area (Å²) in [6.45, 7) is 4.86. The van der Waals surface area contributed by atoms with Crippen LogP contribution in [0.2, 0.25) is 0 Å². The van der Waals surface area contributed by atoms with Crippen molar-refractivity contribution in [3.8, 4) is 0 Å². The van der Waals surface area contributed by atoms with Crippen LogP contribution in [-0.4, -0.2) is 51.3 Å². The van der Waals surface area contributed by atoms with Crippen LogP contribution in [0, 0.1) is 19.8 Å². The summed E-state index contributed by atoms with van der Waals surface area (Å²) in [6.07, 6.45) is 6.95. The SMILES string of the molecule is CNS(=O)(=O)c1cc(C(=O)NC2CCN(C(=O)C3CCCCC3)CC2)cc(C)c1C. The summed E-state index contributed by atoms with van der Waals surface area (Å²) in [5.74, 6) is 0.172. The Bertz CT molecular complexity index is 899. The molecule has 0 bridgehead atoms. The number of piperidine rings is 1. The molecule has 1 saturated heterocycles. The number of benzene rings is 1. The number of likely N-dealkylation sites (tertiary alicyclic amines) is 1. The predicted octanol–water partition coefficient (Wildman–Crippen LogP) is 2.51. The van der Waals surface area contributed by atoms with E-state index in [-0.39, 0.29) is 28.7 Å². The number of carbonyl (C=O) groups excluding carboxylic acids is 2. The van der Waals surface area contributed by atoms with Crippen molar-refractivity contribution in [3.63, 3.8) is 0 Å². The second kappa shape index (κ2) is 9.47.